The third kappa shape index (κ3) is 6.25. The van der Waals surface area contributed by atoms with Gasteiger partial charge in [-0.1, -0.05) is 48.5 Å². The maximum Gasteiger partial charge on any atom is 0.330 e. The number of benzene rings is 3. The molecule has 0 aromatic heterocycles. The molecule has 0 bridgehead atoms. The summed E-state index contributed by atoms with van der Waals surface area (Å²) in [6.45, 7) is 4.84. The monoisotopic (exact) mass is 536 g/mol. The molecule has 2 N–H and O–H groups in total. The van der Waals surface area contributed by atoms with Crippen molar-refractivity contribution in [2.75, 3.05) is 28.9 Å². The molecule has 0 saturated carbocycles. The van der Waals surface area contributed by atoms with Crippen molar-refractivity contribution < 1.29 is 22.7 Å². The lowest BCUT2D eigenvalue weighted by Crippen LogP contribution is -2.55. The second-order valence-corrected chi connectivity index (χ2v) is 10.4. The first kappa shape index (κ1) is 27.0. The molecule has 1 aliphatic rings. The molecule has 0 saturated heterocycles. The van der Waals surface area contributed by atoms with Crippen LogP contribution >= 0.6 is 0 Å². The molecule has 3 aromatic carbocycles. The summed E-state index contributed by atoms with van der Waals surface area (Å²) >= 11 is 0. The summed E-state index contributed by atoms with van der Waals surface area (Å²) < 4.78 is 34.9. The van der Waals surface area contributed by atoms with Crippen LogP contribution in [0.15, 0.2) is 78.9 Å². The molecule has 4 rings (SSSR count). The lowest BCUT2D eigenvalue weighted by molar-refractivity contribution is -0.120. The van der Waals surface area contributed by atoms with E-state index in [-0.39, 0.29) is 18.9 Å². The van der Waals surface area contributed by atoms with Crippen LogP contribution in [0.2, 0.25) is 0 Å². The maximum absolute atomic E-state index is 13.7. The topological polar surface area (TPSA) is 108 Å². The second-order valence-electron chi connectivity index (χ2n) is 8.78. The minimum absolute atomic E-state index is 0.188. The predicted molar refractivity (Wildman–Crippen MR) is 148 cm³/mol. The van der Waals surface area contributed by atoms with Crippen LogP contribution in [0.1, 0.15) is 25.0 Å². The minimum Gasteiger partial charge on any atom is -0.494 e. The van der Waals surface area contributed by atoms with Crippen molar-refractivity contribution in [2.45, 2.75) is 32.7 Å². The number of carbonyl (C=O) groups excluding carboxylic acids is 2. The standard InChI is InChI=1S/C28H32N4O5S/c1-3-31(23-14-16-24(17-15-23)37-4-2)27(33)25(20-21-10-6-5-7-11-21)29-28(34)30-38(35,36)32-19-18-22-12-8-9-13-26(22)32/h5-17,25H,3-4,18-20H2,1-2H3,(H2,29,30,34)/t25-/m0/s1. The van der Waals surface area contributed by atoms with E-state index in [4.69, 9.17) is 4.74 Å². The number of nitrogens with zero attached hydrogens (tertiary/aromatic N) is 2. The zero-order chi connectivity index (χ0) is 27.1. The summed E-state index contributed by atoms with van der Waals surface area (Å²) in [4.78, 5) is 28.2. The van der Waals surface area contributed by atoms with Gasteiger partial charge in [-0.05, 0) is 61.7 Å². The third-order valence-corrected chi connectivity index (χ3v) is 7.69. The summed E-state index contributed by atoms with van der Waals surface area (Å²) in [5.41, 5.74) is 2.90. The van der Waals surface area contributed by atoms with Gasteiger partial charge in [0, 0.05) is 25.2 Å². The van der Waals surface area contributed by atoms with Gasteiger partial charge in [0.2, 0.25) is 5.91 Å². The number of hydrogen-bond acceptors (Lipinski definition) is 5. The van der Waals surface area contributed by atoms with Crippen LogP contribution in [-0.2, 0) is 27.8 Å². The summed E-state index contributed by atoms with van der Waals surface area (Å²) in [6.07, 6.45) is 0.745. The Labute approximate surface area is 223 Å². The third-order valence-electron chi connectivity index (χ3n) is 6.28. The first-order valence-corrected chi connectivity index (χ1v) is 14.0. The lowest BCUT2D eigenvalue weighted by atomic mass is 10.0. The highest BCUT2D eigenvalue weighted by Gasteiger charge is 2.32. The Bertz CT molecular complexity index is 1360. The predicted octanol–water partition coefficient (Wildman–Crippen LogP) is 3.66. The SMILES string of the molecule is CCOc1ccc(N(CC)C(=O)[C@H](Cc2ccccc2)NC(=O)NS(=O)(=O)N2CCc3ccccc32)cc1. The number of rotatable bonds is 10. The summed E-state index contributed by atoms with van der Waals surface area (Å²) in [5, 5.41) is 2.61. The maximum atomic E-state index is 13.7. The van der Waals surface area contributed by atoms with Crippen LogP contribution < -0.4 is 24.0 Å². The zero-order valence-electron chi connectivity index (χ0n) is 21.5. The van der Waals surface area contributed by atoms with Gasteiger partial charge in [0.25, 0.3) is 0 Å². The van der Waals surface area contributed by atoms with Crippen molar-refractivity contribution in [3.63, 3.8) is 0 Å². The molecule has 0 aliphatic carbocycles. The van der Waals surface area contributed by atoms with Gasteiger partial charge < -0.3 is 15.0 Å². The van der Waals surface area contributed by atoms with E-state index in [1.54, 1.807) is 41.3 Å². The van der Waals surface area contributed by atoms with Crippen molar-refractivity contribution in [3.05, 3.63) is 90.0 Å². The Kier molecular flexibility index (Phi) is 8.52. The number of amides is 3. The van der Waals surface area contributed by atoms with Crippen molar-refractivity contribution in [1.29, 1.82) is 0 Å². The number of likely N-dealkylation sites (N-methyl/N-ethyl adjacent to an activating group) is 1. The number of fused-ring (bicyclic) bond motifs is 1. The highest BCUT2D eigenvalue weighted by molar-refractivity contribution is 7.91. The second kappa shape index (κ2) is 12.0. The number of anilines is 2. The van der Waals surface area contributed by atoms with Crippen LogP contribution in [-0.4, -0.2) is 46.1 Å². The molecule has 3 amide bonds. The Hall–Kier alpha value is -4.05. The molecular formula is C28H32N4O5S. The molecule has 10 heteroatoms. The molecule has 0 spiro atoms. The van der Waals surface area contributed by atoms with Gasteiger partial charge in [-0.3, -0.25) is 9.10 Å². The van der Waals surface area contributed by atoms with Crippen molar-refractivity contribution in [1.82, 2.24) is 10.0 Å². The Morgan fingerprint density at radius 2 is 1.66 bits per heavy atom. The average Bonchev–Trinajstić information content (AvgIpc) is 3.35. The van der Waals surface area contributed by atoms with E-state index in [0.717, 1.165) is 11.1 Å². The van der Waals surface area contributed by atoms with Gasteiger partial charge in [-0.25, -0.2) is 9.52 Å². The molecule has 200 valence electrons. The van der Waals surface area contributed by atoms with E-state index in [1.165, 1.54) is 4.31 Å². The fraction of sp³-hybridized carbons (Fsp3) is 0.286. The van der Waals surface area contributed by atoms with Gasteiger partial charge in [0.1, 0.15) is 11.8 Å². The smallest absolute Gasteiger partial charge is 0.330 e. The van der Waals surface area contributed by atoms with Gasteiger partial charge in [0.05, 0.1) is 12.3 Å². The summed E-state index contributed by atoms with van der Waals surface area (Å²) in [5.74, 6) is 0.325. The highest BCUT2D eigenvalue weighted by atomic mass is 32.2. The molecule has 0 fully saturated rings. The molecule has 9 nitrogen and oxygen atoms in total. The number of nitrogens with one attached hydrogen (secondary N) is 2. The van der Waals surface area contributed by atoms with E-state index in [2.05, 4.69) is 10.0 Å². The summed E-state index contributed by atoms with van der Waals surface area (Å²) in [6, 6.07) is 21.6. The number of carbonyl (C=O) groups is 2. The van der Waals surface area contributed by atoms with E-state index in [0.29, 0.717) is 36.7 Å². The normalized spacial score (nSPS) is 13.4. The van der Waals surface area contributed by atoms with E-state index >= 15 is 0 Å². The molecular weight excluding hydrogens is 504 g/mol. The lowest BCUT2D eigenvalue weighted by Gasteiger charge is -2.28. The van der Waals surface area contributed by atoms with Gasteiger partial charge >= 0.3 is 16.2 Å². The Balaban J connectivity index is 1.53. The summed E-state index contributed by atoms with van der Waals surface area (Å²) in [7, 11) is -4.17. The fourth-order valence-electron chi connectivity index (χ4n) is 4.51. The quantitative estimate of drug-likeness (QED) is 0.411. The fourth-order valence-corrected chi connectivity index (χ4v) is 5.68. The number of para-hydroxylation sites is 1. The molecule has 1 aliphatic heterocycles. The highest BCUT2D eigenvalue weighted by Crippen LogP contribution is 2.29. The van der Waals surface area contributed by atoms with Crippen LogP contribution in [0.4, 0.5) is 16.2 Å². The first-order valence-electron chi connectivity index (χ1n) is 12.6. The number of ether oxygens (including phenoxy) is 1. The van der Waals surface area contributed by atoms with Crippen molar-refractivity contribution in [2.24, 2.45) is 0 Å². The average molecular weight is 537 g/mol. The minimum atomic E-state index is -4.17. The number of urea groups is 1. The molecule has 1 heterocycles. The van der Waals surface area contributed by atoms with Crippen molar-refractivity contribution in [3.8, 4) is 5.75 Å². The van der Waals surface area contributed by atoms with Crippen LogP contribution in [0.25, 0.3) is 0 Å². The Morgan fingerprint density at radius 1 is 0.974 bits per heavy atom. The van der Waals surface area contributed by atoms with E-state index < -0.39 is 22.3 Å². The van der Waals surface area contributed by atoms with Crippen molar-refractivity contribution >= 4 is 33.5 Å². The van der Waals surface area contributed by atoms with Gasteiger partial charge in [-0.15, -0.1) is 0 Å². The van der Waals surface area contributed by atoms with Crippen LogP contribution in [0.5, 0.6) is 5.75 Å². The Morgan fingerprint density at radius 3 is 2.34 bits per heavy atom. The molecule has 0 unspecified atom stereocenters. The largest absolute Gasteiger partial charge is 0.494 e. The van der Waals surface area contributed by atoms with Gasteiger partial charge in [0.15, 0.2) is 0 Å². The van der Waals surface area contributed by atoms with E-state index in [1.807, 2.05) is 56.3 Å². The molecule has 1 atom stereocenters. The van der Waals surface area contributed by atoms with Crippen LogP contribution in [0.3, 0.4) is 0 Å². The van der Waals surface area contributed by atoms with E-state index in [9.17, 15) is 18.0 Å². The van der Waals surface area contributed by atoms with Crippen LogP contribution in [0, 0.1) is 0 Å². The molecule has 38 heavy (non-hydrogen) atoms. The molecule has 3 aromatic rings. The number of hydrogen-bond donors (Lipinski definition) is 2. The zero-order valence-corrected chi connectivity index (χ0v) is 22.3. The molecule has 0 radical (unpaired) electrons. The first-order chi connectivity index (χ1) is 18.3. The van der Waals surface area contributed by atoms with Gasteiger partial charge in [-0.2, -0.15) is 8.42 Å².